The molecule has 1 aromatic carbocycles. The number of nitrogens with one attached hydrogen (secondary N) is 1. The van der Waals surface area contributed by atoms with Crippen molar-refractivity contribution in [1.82, 2.24) is 5.32 Å². The van der Waals surface area contributed by atoms with E-state index >= 15 is 0 Å². The average Bonchev–Trinajstić information content (AvgIpc) is 2.90. The monoisotopic (exact) mass is 369 g/mol. The zero-order valence-corrected chi connectivity index (χ0v) is 15.0. The molecule has 0 saturated carbocycles. The Labute approximate surface area is 144 Å². The number of carbonyl (C=O) groups excluding carboxylic acids is 1. The lowest BCUT2D eigenvalue weighted by Crippen LogP contribution is -2.24. The summed E-state index contributed by atoms with van der Waals surface area (Å²) in [7, 11) is -3.21. The average molecular weight is 370 g/mol. The van der Waals surface area contributed by atoms with Crippen LogP contribution in [0.5, 0.6) is 0 Å². The Kier molecular flexibility index (Phi) is 5.62. The molecule has 2 aromatic rings. The lowest BCUT2D eigenvalue weighted by Gasteiger charge is -2.13. The van der Waals surface area contributed by atoms with Gasteiger partial charge in [-0.2, -0.15) is 0 Å². The summed E-state index contributed by atoms with van der Waals surface area (Å²) in [5.41, 5.74) is 0.832. The van der Waals surface area contributed by atoms with Crippen LogP contribution < -0.4 is 5.32 Å². The van der Waals surface area contributed by atoms with Crippen molar-refractivity contribution in [3.63, 3.8) is 0 Å². The summed E-state index contributed by atoms with van der Waals surface area (Å²) in [5.74, 6) is -0.228. The molecule has 2 rings (SSSR count). The van der Waals surface area contributed by atoms with Crippen LogP contribution in [0.2, 0.25) is 4.34 Å². The Morgan fingerprint density at radius 2 is 1.87 bits per heavy atom. The van der Waals surface area contributed by atoms with Crippen molar-refractivity contribution in [3.05, 3.63) is 57.3 Å². The molecule has 0 radical (unpaired) electrons. The molecule has 0 aliphatic rings. The minimum Gasteiger partial charge on any atom is -0.346 e. The van der Waals surface area contributed by atoms with Crippen molar-refractivity contribution in [3.8, 4) is 0 Å². The van der Waals surface area contributed by atoms with Crippen LogP contribution in [0, 0.1) is 0 Å². The fourth-order valence-electron chi connectivity index (χ4n) is 1.92. The maximum absolute atomic E-state index is 11.9. The smallest absolute Gasteiger partial charge is 0.244 e. The van der Waals surface area contributed by atoms with Crippen LogP contribution in [0.4, 0.5) is 0 Å². The fourth-order valence-corrected chi connectivity index (χ4v) is 3.52. The minimum atomic E-state index is -3.21. The Balaban J connectivity index is 1.99. The van der Waals surface area contributed by atoms with E-state index in [0.29, 0.717) is 4.34 Å². The van der Waals surface area contributed by atoms with Gasteiger partial charge in [-0.15, -0.1) is 11.3 Å². The van der Waals surface area contributed by atoms with Crippen LogP contribution in [0.3, 0.4) is 0 Å². The molecular formula is C16H16ClNO3S2. The standard InChI is InChI=1S/C16H16ClNO3S2/c1-11(12-3-7-14(8-4-12)23(2,20)21)18-16(19)10-6-13-5-9-15(17)22-13/h3-11H,1-2H3,(H,18,19)/b10-6+. The SMILES string of the molecule is CC(NC(=O)/C=C/c1ccc(Cl)s1)c1ccc(S(C)(=O)=O)cc1. The van der Waals surface area contributed by atoms with Gasteiger partial charge in [-0.25, -0.2) is 8.42 Å². The van der Waals surface area contributed by atoms with E-state index in [2.05, 4.69) is 5.32 Å². The summed E-state index contributed by atoms with van der Waals surface area (Å²) in [4.78, 5) is 13.1. The Morgan fingerprint density at radius 3 is 2.39 bits per heavy atom. The van der Waals surface area contributed by atoms with Crippen LogP contribution in [0.1, 0.15) is 23.4 Å². The van der Waals surface area contributed by atoms with Crippen molar-refractivity contribution in [2.24, 2.45) is 0 Å². The van der Waals surface area contributed by atoms with Gasteiger partial charge >= 0.3 is 0 Å². The highest BCUT2D eigenvalue weighted by molar-refractivity contribution is 7.90. The number of rotatable bonds is 5. The molecule has 1 amide bonds. The third-order valence-corrected chi connectivity index (χ3v) is 5.48. The summed E-state index contributed by atoms with van der Waals surface area (Å²) in [6.07, 6.45) is 4.31. The predicted octanol–water partition coefficient (Wildman–Crippen LogP) is 3.70. The van der Waals surface area contributed by atoms with Crippen LogP contribution in [-0.4, -0.2) is 20.6 Å². The van der Waals surface area contributed by atoms with E-state index in [-0.39, 0.29) is 16.8 Å². The lowest BCUT2D eigenvalue weighted by molar-refractivity contribution is -0.117. The Morgan fingerprint density at radius 1 is 1.22 bits per heavy atom. The van der Waals surface area contributed by atoms with E-state index in [9.17, 15) is 13.2 Å². The van der Waals surface area contributed by atoms with E-state index in [4.69, 9.17) is 11.6 Å². The van der Waals surface area contributed by atoms with Crippen LogP contribution in [-0.2, 0) is 14.6 Å². The molecule has 4 nitrogen and oxygen atoms in total. The molecule has 1 heterocycles. The summed E-state index contributed by atoms with van der Waals surface area (Å²) in [5, 5.41) is 2.83. The van der Waals surface area contributed by atoms with Gasteiger partial charge in [-0.1, -0.05) is 23.7 Å². The maximum Gasteiger partial charge on any atom is 0.244 e. The highest BCUT2D eigenvalue weighted by atomic mass is 35.5. The summed E-state index contributed by atoms with van der Waals surface area (Å²) >= 11 is 7.22. The largest absolute Gasteiger partial charge is 0.346 e. The summed E-state index contributed by atoms with van der Waals surface area (Å²) in [6, 6.07) is 9.86. The molecule has 1 atom stereocenters. The van der Waals surface area contributed by atoms with Gasteiger partial charge in [0, 0.05) is 17.2 Å². The molecular weight excluding hydrogens is 354 g/mol. The second-order valence-electron chi connectivity index (χ2n) is 5.05. The number of benzene rings is 1. The van der Waals surface area contributed by atoms with E-state index in [1.165, 1.54) is 29.5 Å². The number of halogens is 1. The molecule has 1 unspecified atom stereocenters. The first-order valence-electron chi connectivity index (χ1n) is 6.79. The van der Waals surface area contributed by atoms with Gasteiger partial charge in [0.1, 0.15) is 0 Å². The zero-order chi connectivity index (χ0) is 17.0. The van der Waals surface area contributed by atoms with Crippen molar-refractivity contribution in [1.29, 1.82) is 0 Å². The van der Waals surface area contributed by atoms with E-state index in [1.807, 2.05) is 13.0 Å². The molecule has 122 valence electrons. The van der Waals surface area contributed by atoms with E-state index in [1.54, 1.807) is 24.3 Å². The molecule has 0 spiro atoms. The summed E-state index contributed by atoms with van der Waals surface area (Å²) in [6.45, 7) is 1.84. The lowest BCUT2D eigenvalue weighted by atomic mass is 10.1. The molecule has 0 aliphatic heterocycles. The van der Waals surface area contributed by atoms with Gasteiger partial charge in [-0.3, -0.25) is 4.79 Å². The minimum absolute atomic E-state index is 0.228. The molecule has 0 aliphatic carbocycles. The maximum atomic E-state index is 11.9. The van der Waals surface area contributed by atoms with Gasteiger partial charge in [0.2, 0.25) is 5.91 Å². The van der Waals surface area contributed by atoms with Gasteiger partial charge in [0.15, 0.2) is 9.84 Å². The molecule has 0 bridgehead atoms. The predicted molar refractivity (Wildman–Crippen MR) is 94.5 cm³/mol. The first-order valence-corrected chi connectivity index (χ1v) is 9.88. The zero-order valence-electron chi connectivity index (χ0n) is 12.6. The van der Waals surface area contributed by atoms with Crippen molar-refractivity contribution in [2.45, 2.75) is 17.9 Å². The summed E-state index contributed by atoms with van der Waals surface area (Å²) < 4.78 is 23.5. The highest BCUT2D eigenvalue weighted by Gasteiger charge is 2.10. The molecule has 1 N–H and O–H groups in total. The van der Waals surface area contributed by atoms with Crippen molar-refractivity contribution < 1.29 is 13.2 Å². The second-order valence-corrected chi connectivity index (χ2v) is 8.81. The first kappa shape index (κ1) is 17.7. The van der Waals surface area contributed by atoms with Gasteiger partial charge in [0.25, 0.3) is 0 Å². The van der Waals surface area contributed by atoms with Crippen LogP contribution in [0.25, 0.3) is 6.08 Å². The topological polar surface area (TPSA) is 63.2 Å². The molecule has 1 aromatic heterocycles. The number of thiophene rings is 1. The third kappa shape index (κ3) is 5.20. The number of hydrogen-bond donors (Lipinski definition) is 1. The normalized spacial score (nSPS) is 13.2. The number of sulfone groups is 1. The van der Waals surface area contributed by atoms with Gasteiger partial charge in [-0.05, 0) is 42.8 Å². The van der Waals surface area contributed by atoms with Crippen molar-refractivity contribution in [2.75, 3.05) is 6.26 Å². The molecule has 7 heteroatoms. The van der Waals surface area contributed by atoms with Crippen LogP contribution >= 0.6 is 22.9 Å². The second kappa shape index (κ2) is 7.29. The number of amides is 1. The Bertz CT molecular complexity index is 823. The van der Waals surface area contributed by atoms with Crippen molar-refractivity contribution >= 4 is 44.8 Å². The van der Waals surface area contributed by atoms with Gasteiger partial charge < -0.3 is 5.32 Å². The fraction of sp³-hybridized carbons (Fsp3) is 0.188. The highest BCUT2D eigenvalue weighted by Crippen LogP contribution is 2.22. The molecule has 23 heavy (non-hydrogen) atoms. The quantitative estimate of drug-likeness (QED) is 0.817. The van der Waals surface area contributed by atoms with E-state index in [0.717, 1.165) is 16.7 Å². The third-order valence-electron chi connectivity index (χ3n) is 3.16. The van der Waals surface area contributed by atoms with Crippen LogP contribution in [0.15, 0.2) is 47.4 Å². The Hall–Kier alpha value is -1.63. The van der Waals surface area contributed by atoms with Gasteiger partial charge in [0.05, 0.1) is 15.3 Å². The molecule has 0 saturated heterocycles. The number of hydrogen-bond acceptors (Lipinski definition) is 4. The van der Waals surface area contributed by atoms with E-state index < -0.39 is 9.84 Å². The molecule has 0 fully saturated rings. The number of carbonyl (C=O) groups is 1. The first-order chi connectivity index (χ1) is 10.8.